The van der Waals surface area contributed by atoms with E-state index in [2.05, 4.69) is 10.1 Å². The number of nitrogens with one attached hydrogen (secondary N) is 1. The highest BCUT2D eigenvalue weighted by Crippen LogP contribution is 2.21. The molecule has 0 aliphatic rings. The van der Waals surface area contributed by atoms with Crippen molar-refractivity contribution in [3.05, 3.63) is 29.3 Å². The minimum Gasteiger partial charge on any atom is -0.481 e. The fourth-order valence-corrected chi connectivity index (χ4v) is 1.64. The predicted octanol–water partition coefficient (Wildman–Crippen LogP) is 1.31. The van der Waals surface area contributed by atoms with Crippen LogP contribution >= 0.6 is 0 Å². The summed E-state index contributed by atoms with van der Waals surface area (Å²) in [6.45, 7) is 4.35. The molecule has 0 saturated heterocycles. The number of aryl methyl sites for hydroxylation is 1. The van der Waals surface area contributed by atoms with E-state index in [0.717, 1.165) is 5.56 Å². The van der Waals surface area contributed by atoms with Crippen LogP contribution in [0, 0.1) is 6.92 Å². The Hall–Kier alpha value is -2.08. The Bertz CT molecular complexity index is 501. The van der Waals surface area contributed by atoms with Crippen molar-refractivity contribution < 1.29 is 23.8 Å². The number of hydrogen-bond acceptors (Lipinski definition) is 5. The topological polar surface area (TPSA) is 73.9 Å². The van der Waals surface area contributed by atoms with Crippen molar-refractivity contribution in [2.45, 2.75) is 20.0 Å². The third-order valence-electron chi connectivity index (χ3n) is 2.89. The van der Waals surface area contributed by atoms with Gasteiger partial charge in [-0.25, -0.2) is 4.79 Å². The highest BCUT2D eigenvalue weighted by molar-refractivity contribution is 5.90. The summed E-state index contributed by atoms with van der Waals surface area (Å²) in [5.41, 5.74) is 1.21. The minimum atomic E-state index is -0.673. The van der Waals surface area contributed by atoms with E-state index in [9.17, 15) is 9.59 Å². The van der Waals surface area contributed by atoms with Gasteiger partial charge in [0.05, 0.1) is 19.3 Å². The second-order valence-electron chi connectivity index (χ2n) is 4.52. The minimum absolute atomic E-state index is 0.241. The molecule has 0 fully saturated rings. The van der Waals surface area contributed by atoms with Crippen molar-refractivity contribution in [3.63, 3.8) is 0 Å². The zero-order chi connectivity index (χ0) is 15.8. The van der Waals surface area contributed by atoms with Crippen LogP contribution in [-0.4, -0.2) is 45.4 Å². The summed E-state index contributed by atoms with van der Waals surface area (Å²) in [4.78, 5) is 23.3. The number of rotatable bonds is 7. The molecule has 21 heavy (non-hydrogen) atoms. The average Bonchev–Trinajstić information content (AvgIpc) is 2.48. The first-order valence-electron chi connectivity index (χ1n) is 6.61. The Labute approximate surface area is 124 Å². The van der Waals surface area contributed by atoms with Crippen LogP contribution in [0.4, 0.5) is 0 Å². The zero-order valence-corrected chi connectivity index (χ0v) is 12.8. The molecule has 0 heterocycles. The third-order valence-corrected chi connectivity index (χ3v) is 2.89. The summed E-state index contributed by atoms with van der Waals surface area (Å²) in [7, 11) is 2.88. The van der Waals surface area contributed by atoms with Gasteiger partial charge in [-0.3, -0.25) is 4.79 Å². The second kappa shape index (κ2) is 8.26. The van der Waals surface area contributed by atoms with Crippen molar-refractivity contribution in [2.75, 3.05) is 27.4 Å². The van der Waals surface area contributed by atoms with Gasteiger partial charge in [0.15, 0.2) is 6.10 Å². The van der Waals surface area contributed by atoms with Crippen LogP contribution < -0.4 is 10.1 Å². The molecule has 6 nitrogen and oxygen atoms in total. The van der Waals surface area contributed by atoms with Crippen LogP contribution in [0.15, 0.2) is 18.2 Å². The summed E-state index contributed by atoms with van der Waals surface area (Å²) in [5, 5.41) is 2.69. The first kappa shape index (κ1) is 17.0. The quantitative estimate of drug-likeness (QED) is 0.606. The number of hydrogen-bond donors (Lipinski definition) is 1. The summed E-state index contributed by atoms with van der Waals surface area (Å²) >= 11 is 0. The van der Waals surface area contributed by atoms with Crippen LogP contribution in [-0.2, 0) is 14.3 Å². The molecule has 1 rings (SSSR count). The lowest BCUT2D eigenvalue weighted by Crippen LogP contribution is -2.38. The van der Waals surface area contributed by atoms with Gasteiger partial charge >= 0.3 is 5.97 Å². The standard InChI is InChI=1S/C15H21NO5/c1-10-5-6-12(15(18)20-4)9-13(10)21-11(2)14(17)16-7-8-19-3/h5-6,9,11H,7-8H2,1-4H3,(H,16,17)/t11-/m1/s1. The second-order valence-corrected chi connectivity index (χ2v) is 4.52. The molecule has 0 unspecified atom stereocenters. The Kier molecular flexibility index (Phi) is 6.68. The number of carbonyl (C=O) groups is 2. The van der Waals surface area contributed by atoms with E-state index in [1.165, 1.54) is 7.11 Å². The summed E-state index contributed by atoms with van der Waals surface area (Å²) in [5.74, 6) is -0.209. The Morgan fingerprint density at radius 1 is 1.29 bits per heavy atom. The van der Waals surface area contributed by atoms with E-state index in [1.54, 1.807) is 32.2 Å². The van der Waals surface area contributed by atoms with Gasteiger partial charge in [-0.1, -0.05) is 6.07 Å². The van der Waals surface area contributed by atoms with Crippen LogP contribution in [0.2, 0.25) is 0 Å². The number of carbonyl (C=O) groups excluding carboxylic acids is 2. The maximum Gasteiger partial charge on any atom is 0.337 e. The lowest BCUT2D eigenvalue weighted by Gasteiger charge is -2.16. The first-order valence-corrected chi connectivity index (χ1v) is 6.61. The van der Waals surface area contributed by atoms with Gasteiger partial charge in [0.2, 0.25) is 0 Å². The maximum atomic E-state index is 11.8. The van der Waals surface area contributed by atoms with Crippen LogP contribution in [0.25, 0.3) is 0 Å². The normalized spacial score (nSPS) is 11.6. The zero-order valence-electron chi connectivity index (χ0n) is 12.8. The van der Waals surface area contributed by atoms with Crippen molar-refractivity contribution in [3.8, 4) is 5.75 Å². The van der Waals surface area contributed by atoms with Gasteiger partial charge in [-0.05, 0) is 31.5 Å². The summed E-state index contributed by atoms with van der Waals surface area (Å²) < 4.78 is 15.1. The average molecular weight is 295 g/mol. The SMILES string of the molecule is COCCNC(=O)[C@@H](C)Oc1cc(C(=O)OC)ccc1C. The van der Waals surface area contributed by atoms with E-state index in [4.69, 9.17) is 9.47 Å². The molecule has 1 N–H and O–H groups in total. The van der Waals surface area contributed by atoms with Gasteiger partial charge in [0.25, 0.3) is 5.91 Å². The Morgan fingerprint density at radius 2 is 2.00 bits per heavy atom. The molecular weight excluding hydrogens is 274 g/mol. The van der Waals surface area contributed by atoms with Crippen LogP contribution in [0.1, 0.15) is 22.8 Å². The van der Waals surface area contributed by atoms with E-state index in [1.807, 2.05) is 6.92 Å². The molecule has 1 atom stereocenters. The number of amides is 1. The monoisotopic (exact) mass is 295 g/mol. The summed E-state index contributed by atoms with van der Waals surface area (Å²) in [6, 6.07) is 4.97. The smallest absolute Gasteiger partial charge is 0.337 e. The highest BCUT2D eigenvalue weighted by atomic mass is 16.5. The number of benzene rings is 1. The molecule has 6 heteroatoms. The Morgan fingerprint density at radius 3 is 2.62 bits per heavy atom. The van der Waals surface area contributed by atoms with Crippen molar-refractivity contribution in [2.24, 2.45) is 0 Å². The van der Waals surface area contributed by atoms with E-state index in [0.29, 0.717) is 24.5 Å². The molecule has 1 aromatic rings. The molecule has 1 amide bonds. The van der Waals surface area contributed by atoms with Gasteiger partial charge in [-0.15, -0.1) is 0 Å². The molecular formula is C15H21NO5. The van der Waals surface area contributed by atoms with Crippen molar-refractivity contribution in [1.29, 1.82) is 0 Å². The number of esters is 1. The van der Waals surface area contributed by atoms with E-state index >= 15 is 0 Å². The molecule has 0 saturated carbocycles. The van der Waals surface area contributed by atoms with Crippen molar-refractivity contribution in [1.82, 2.24) is 5.32 Å². The van der Waals surface area contributed by atoms with Crippen LogP contribution in [0.5, 0.6) is 5.75 Å². The maximum absolute atomic E-state index is 11.8. The van der Waals surface area contributed by atoms with Gasteiger partial charge in [0, 0.05) is 13.7 Å². The fourth-order valence-electron chi connectivity index (χ4n) is 1.64. The lowest BCUT2D eigenvalue weighted by atomic mass is 10.1. The van der Waals surface area contributed by atoms with Gasteiger partial charge in [-0.2, -0.15) is 0 Å². The molecule has 0 aliphatic carbocycles. The first-order chi connectivity index (χ1) is 9.99. The third kappa shape index (κ3) is 5.07. The fraction of sp³-hybridized carbons (Fsp3) is 0.467. The van der Waals surface area contributed by atoms with Gasteiger partial charge < -0.3 is 19.5 Å². The van der Waals surface area contributed by atoms with Gasteiger partial charge in [0.1, 0.15) is 5.75 Å². The van der Waals surface area contributed by atoms with Crippen molar-refractivity contribution >= 4 is 11.9 Å². The lowest BCUT2D eigenvalue weighted by molar-refractivity contribution is -0.127. The number of methoxy groups -OCH3 is 2. The molecule has 1 aromatic carbocycles. The predicted molar refractivity (Wildman–Crippen MR) is 77.5 cm³/mol. The van der Waals surface area contributed by atoms with E-state index < -0.39 is 12.1 Å². The molecule has 116 valence electrons. The van der Waals surface area contributed by atoms with E-state index in [-0.39, 0.29) is 5.91 Å². The summed E-state index contributed by atoms with van der Waals surface area (Å²) in [6.07, 6.45) is -0.673. The Balaban J connectivity index is 2.72. The molecule has 0 bridgehead atoms. The molecule has 0 aromatic heterocycles. The molecule has 0 radical (unpaired) electrons. The molecule has 0 spiro atoms. The highest BCUT2D eigenvalue weighted by Gasteiger charge is 2.16. The largest absolute Gasteiger partial charge is 0.481 e. The molecule has 0 aliphatic heterocycles. The van der Waals surface area contributed by atoms with Crippen LogP contribution in [0.3, 0.4) is 0 Å². The number of ether oxygens (including phenoxy) is 3.